The van der Waals surface area contributed by atoms with Crippen LogP contribution in [0.25, 0.3) is 11.2 Å². The monoisotopic (exact) mass is 209 g/mol. The minimum Gasteiger partial charge on any atom is -0.369 e. The first-order valence-electron chi connectivity index (χ1n) is 4.41. The summed E-state index contributed by atoms with van der Waals surface area (Å²) in [6, 6.07) is 0.434. The highest BCUT2D eigenvalue weighted by molar-refractivity contribution is 6.33. The van der Waals surface area contributed by atoms with Gasteiger partial charge in [0.25, 0.3) is 0 Å². The largest absolute Gasteiger partial charge is 0.369 e. The molecule has 2 aromatic heterocycles. The van der Waals surface area contributed by atoms with E-state index in [4.69, 9.17) is 17.3 Å². The molecule has 0 atom stereocenters. The highest BCUT2D eigenvalue weighted by Crippen LogP contribution is 2.40. The summed E-state index contributed by atoms with van der Waals surface area (Å²) in [4.78, 5) is 12.1. The van der Waals surface area contributed by atoms with E-state index in [1.54, 1.807) is 0 Å². The van der Waals surface area contributed by atoms with Gasteiger partial charge >= 0.3 is 0 Å². The van der Waals surface area contributed by atoms with E-state index in [0.717, 1.165) is 18.4 Å². The molecule has 14 heavy (non-hydrogen) atoms. The number of anilines is 1. The molecule has 1 aliphatic rings. The van der Waals surface area contributed by atoms with Crippen molar-refractivity contribution in [3.05, 3.63) is 11.5 Å². The Bertz CT molecular complexity index is 502. The molecule has 0 spiro atoms. The number of nitrogens with zero attached hydrogens (tertiary/aromatic N) is 4. The molecule has 0 radical (unpaired) electrons. The molecule has 0 amide bonds. The summed E-state index contributed by atoms with van der Waals surface area (Å²) < 4.78 is 1.93. The van der Waals surface area contributed by atoms with Crippen molar-refractivity contribution in [2.45, 2.75) is 18.9 Å². The maximum Gasteiger partial charge on any atom is 0.203 e. The Hall–Kier alpha value is -1.36. The van der Waals surface area contributed by atoms with Gasteiger partial charge in [0.2, 0.25) is 5.95 Å². The second-order valence-electron chi connectivity index (χ2n) is 3.41. The lowest BCUT2D eigenvalue weighted by Crippen LogP contribution is -2.01. The molecule has 2 N–H and O–H groups in total. The second-order valence-corrected chi connectivity index (χ2v) is 3.77. The van der Waals surface area contributed by atoms with E-state index in [2.05, 4.69) is 15.0 Å². The number of rotatable bonds is 1. The molecule has 0 aromatic carbocycles. The van der Waals surface area contributed by atoms with Crippen LogP contribution in [-0.4, -0.2) is 19.5 Å². The molecule has 0 saturated heterocycles. The summed E-state index contributed by atoms with van der Waals surface area (Å²) in [5, 5.41) is 0.422. The number of nitrogens with two attached hydrogens (primary N) is 1. The third-order valence-corrected chi connectivity index (χ3v) is 2.66. The average Bonchev–Trinajstić information content (AvgIpc) is 2.90. The number of hydrogen-bond donors (Lipinski definition) is 1. The SMILES string of the molecule is Nc1nc2ncnc(Cl)c2n1C1CC1. The van der Waals surface area contributed by atoms with Crippen LogP contribution in [0.1, 0.15) is 18.9 Å². The Labute approximate surface area is 84.9 Å². The first kappa shape index (κ1) is 7.99. The maximum absolute atomic E-state index is 5.98. The molecule has 0 bridgehead atoms. The van der Waals surface area contributed by atoms with Gasteiger partial charge in [-0.15, -0.1) is 0 Å². The minimum atomic E-state index is 0.422. The van der Waals surface area contributed by atoms with Gasteiger partial charge in [-0.1, -0.05) is 11.6 Å². The average molecular weight is 210 g/mol. The molecular formula is C8H8ClN5. The zero-order valence-corrected chi connectivity index (χ0v) is 8.07. The Morgan fingerprint density at radius 3 is 2.93 bits per heavy atom. The van der Waals surface area contributed by atoms with E-state index in [1.807, 2.05) is 4.57 Å². The molecule has 3 rings (SSSR count). The fraction of sp³-hybridized carbons (Fsp3) is 0.375. The Morgan fingerprint density at radius 2 is 2.21 bits per heavy atom. The number of imidazole rings is 1. The topological polar surface area (TPSA) is 69.6 Å². The number of aromatic nitrogens is 4. The predicted octanol–water partition coefficient (Wildman–Crippen LogP) is 1.40. The summed E-state index contributed by atoms with van der Waals surface area (Å²) in [6.45, 7) is 0. The molecule has 1 saturated carbocycles. The lowest BCUT2D eigenvalue weighted by atomic mass is 10.5. The molecule has 5 nitrogen and oxygen atoms in total. The van der Waals surface area contributed by atoms with Crippen molar-refractivity contribution < 1.29 is 0 Å². The number of fused-ring (bicyclic) bond motifs is 1. The second kappa shape index (κ2) is 2.57. The smallest absolute Gasteiger partial charge is 0.203 e. The van der Waals surface area contributed by atoms with Crippen molar-refractivity contribution in [2.75, 3.05) is 5.73 Å². The van der Waals surface area contributed by atoms with Crippen molar-refractivity contribution >= 4 is 28.7 Å². The third kappa shape index (κ3) is 0.988. The summed E-state index contributed by atoms with van der Waals surface area (Å²) in [5.41, 5.74) is 7.13. The molecule has 72 valence electrons. The Kier molecular flexibility index (Phi) is 1.47. The van der Waals surface area contributed by atoms with Crippen molar-refractivity contribution in [3.8, 4) is 0 Å². The quantitative estimate of drug-likeness (QED) is 0.721. The normalized spacial score (nSPS) is 16.4. The molecular weight excluding hydrogens is 202 g/mol. The molecule has 6 heteroatoms. The van der Waals surface area contributed by atoms with E-state index in [9.17, 15) is 0 Å². The van der Waals surface area contributed by atoms with Crippen LogP contribution in [0.5, 0.6) is 0 Å². The van der Waals surface area contributed by atoms with Gasteiger partial charge in [-0.05, 0) is 12.8 Å². The summed E-state index contributed by atoms with van der Waals surface area (Å²) in [5.74, 6) is 0.477. The van der Waals surface area contributed by atoms with E-state index in [0.29, 0.717) is 22.8 Å². The molecule has 0 unspecified atom stereocenters. The number of nitrogen functional groups attached to an aromatic ring is 1. The van der Waals surface area contributed by atoms with Gasteiger partial charge in [0.05, 0.1) is 0 Å². The number of halogens is 1. The Morgan fingerprint density at radius 1 is 1.43 bits per heavy atom. The van der Waals surface area contributed by atoms with Gasteiger partial charge in [-0.3, -0.25) is 0 Å². The maximum atomic E-state index is 5.98. The van der Waals surface area contributed by atoms with E-state index >= 15 is 0 Å². The van der Waals surface area contributed by atoms with Crippen LogP contribution in [0.4, 0.5) is 5.95 Å². The summed E-state index contributed by atoms with van der Waals surface area (Å²) >= 11 is 5.98. The van der Waals surface area contributed by atoms with Crippen LogP contribution >= 0.6 is 11.6 Å². The first-order chi connectivity index (χ1) is 6.77. The van der Waals surface area contributed by atoms with Gasteiger partial charge < -0.3 is 10.3 Å². The van der Waals surface area contributed by atoms with E-state index in [1.165, 1.54) is 6.33 Å². The fourth-order valence-electron chi connectivity index (χ4n) is 1.62. The van der Waals surface area contributed by atoms with Gasteiger partial charge in [0, 0.05) is 6.04 Å². The van der Waals surface area contributed by atoms with Gasteiger partial charge in [0.15, 0.2) is 10.8 Å². The van der Waals surface area contributed by atoms with E-state index < -0.39 is 0 Å². The van der Waals surface area contributed by atoms with Crippen LogP contribution in [-0.2, 0) is 0 Å². The third-order valence-electron chi connectivity index (χ3n) is 2.38. The molecule has 1 aliphatic carbocycles. The lowest BCUT2D eigenvalue weighted by Gasteiger charge is -2.02. The van der Waals surface area contributed by atoms with Crippen molar-refractivity contribution in [1.29, 1.82) is 0 Å². The lowest BCUT2D eigenvalue weighted by molar-refractivity contribution is 0.777. The van der Waals surface area contributed by atoms with E-state index in [-0.39, 0.29) is 0 Å². The predicted molar refractivity (Wildman–Crippen MR) is 53.0 cm³/mol. The van der Waals surface area contributed by atoms with Crippen LogP contribution in [0.2, 0.25) is 5.15 Å². The first-order valence-corrected chi connectivity index (χ1v) is 4.79. The zero-order chi connectivity index (χ0) is 9.71. The molecule has 1 fully saturated rings. The molecule has 2 heterocycles. The van der Waals surface area contributed by atoms with Crippen molar-refractivity contribution in [2.24, 2.45) is 0 Å². The fourth-order valence-corrected chi connectivity index (χ4v) is 1.84. The van der Waals surface area contributed by atoms with Crippen LogP contribution < -0.4 is 5.73 Å². The van der Waals surface area contributed by atoms with Crippen molar-refractivity contribution in [3.63, 3.8) is 0 Å². The van der Waals surface area contributed by atoms with Gasteiger partial charge in [-0.25, -0.2) is 9.97 Å². The Balaban J connectivity index is 2.39. The minimum absolute atomic E-state index is 0.422. The molecule has 0 aliphatic heterocycles. The van der Waals surface area contributed by atoms with Crippen LogP contribution in [0, 0.1) is 0 Å². The number of hydrogen-bond acceptors (Lipinski definition) is 4. The highest BCUT2D eigenvalue weighted by Gasteiger charge is 2.28. The van der Waals surface area contributed by atoms with Crippen molar-refractivity contribution in [1.82, 2.24) is 19.5 Å². The standard InChI is InChI=1S/C8H8ClN5/c9-6-5-7(12-3-11-6)13-8(10)14(5)4-1-2-4/h3-4H,1-2H2,(H2,10,11,12,13). The summed E-state index contributed by atoms with van der Waals surface area (Å²) in [7, 11) is 0. The van der Waals surface area contributed by atoms with Crippen LogP contribution in [0.15, 0.2) is 6.33 Å². The highest BCUT2D eigenvalue weighted by atomic mass is 35.5. The molecule has 2 aromatic rings. The zero-order valence-electron chi connectivity index (χ0n) is 7.31. The van der Waals surface area contributed by atoms with Gasteiger partial charge in [-0.2, -0.15) is 4.98 Å². The van der Waals surface area contributed by atoms with Gasteiger partial charge in [0.1, 0.15) is 11.8 Å². The van der Waals surface area contributed by atoms with Crippen LogP contribution in [0.3, 0.4) is 0 Å². The summed E-state index contributed by atoms with van der Waals surface area (Å²) in [6.07, 6.45) is 3.65.